The number of nitro benzene ring substituents is 1. The number of halogens is 1. The molecule has 1 aliphatic heterocycles. The molecule has 10 heteroatoms. The van der Waals surface area contributed by atoms with Crippen LogP contribution in [0.2, 0.25) is 0 Å². The van der Waals surface area contributed by atoms with Gasteiger partial charge in [0.25, 0.3) is 5.91 Å². The van der Waals surface area contributed by atoms with Crippen LogP contribution in [0, 0.1) is 15.9 Å². The van der Waals surface area contributed by atoms with Crippen molar-refractivity contribution in [3.63, 3.8) is 0 Å². The highest BCUT2D eigenvalue weighted by atomic mass is 19.1. The Kier molecular flexibility index (Phi) is 5.39. The number of carbonyl (C=O) groups is 2. The van der Waals surface area contributed by atoms with Crippen LogP contribution in [0.1, 0.15) is 6.92 Å². The van der Waals surface area contributed by atoms with Crippen molar-refractivity contribution in [1.82, 2.24) is 0 Å². The Hall–Kier alpha value is -3.69. The van der Waals surface area contributed by atoms with E-state index < -0.39 is 40.5 Å². The lowest BCUT2D eigenvalue weighted by molar-refractivity contribution is -0.387. The second-order valence-electron chi connectivity index (χ2n) is 5.86. The first-order valence-corrected chi connectivity index (χ1v) is 8.19. The topological polar surface area (TPSA) is 117 Å². The van der Waals surface area contributed by atoms with Crippen molar-refractivity contribution in [2.24, 2.45) is 0 Å². The number of hydrogen-bond donors (Lipinski definition) is 1. The van der Waals surface area contributed by atoms with E-state index in [1.165, 1.54) is 6.92 Å². The number of benzene rings is 2. The number of rotatable bonds is 5. The fourth-order valence-corrected chi connectivity index (χ4v) is 2.41. The Morgan fingerprint density at radius 1 is 1.29 bits per heavy atom. The first-order chi connectivity index (χ1) is 13.3. The van der Waals surface area contributed by atoms with Crippen molar-refractivity contribution in [3.05, 3.63) is 58.4 Å². The minimum atomic E-state index is -1.22. The third kappa shape index (κ3) is 4.17. The molecule has 0 aromatic heterocycles. The number of esters is 1. The van der Waals surface area contributed by atoms with Gasteiger partial charge < -0.3 is 19.5 Å². The Labute approximate surface area is 158 Å². The second kappa shape index (κ2) is 7.91. The molecule has 2 aromatic rings. The molecule has 0 bridgehead atoms. The Balaban J connectivity index is 1.59. The Morgan fingerprint density at radius 3 is 2.71 bits per heavy atom. The molecule has 1 N–H and O–H groups in total. The van der Waals surface area contributed by atoms with Crippen LogP contribution in [-0.2, 0) is 14.3 Å². The highest BCUT2D eigenvalue weighted by Crippen LogP contribution is 2.31. The fourth-order valence-electron chi connectivity index (χ4n) is 2.41. The summed E-state index contributed by atoms with van der Waals surface area (Å²) in [4.78, 5) is 34.2. The molecular weight excluding hydrogens is 375 g/mol. The molecular formula is C18H15FN2O7. The number of ether oxygens (including phenoxy) is 3. The Bertz CT molecular complexity index is 934. The standard InChI is InChI=1S/C18H15FN2O7/c1-10(17(22)20-11-6-7-12(19)13(8-11)21(24)25)27-18(23)16-9-26-14-4-2-3-5-15(14)28-16/h2-8,10,16H,9H2,1H3,(H,20,22)/t10-,16-/m0/s1. The molecule has 0 saturated heterocycles. The van der Waals surface area contributed by atoms with Crippen molar-refractivity contribution in [3.8, 4) is 11.5 Å². The van der Waals surface area contributed by atoms with Crippen LogP contribution in [0.3, 0.4) is 0 Å². The molecule has 2 atom stereocenters. The number of para-hydroxylation sites is 2. The third-order valence-corrected chi connectivity index (χ3v) is 3.84. The summed E-state index contributed by atoms with van der Waals surface area (Å²) < 4.78 is 29.3. The van der Waals surface area contributed by atoms with E-state index in [0.29, 0.717) is 11.5 Å². The zero-order chi connectivity index (χ0) is 20.3. The highest BCUT2D eigenvalue weighted by Gasteiger charge is 2.31. The van der Waals surface area contributed by atoms with Gasteiger partial charge in [0.1, 0.15) is 6.61 Å². The van der Waals surface area contributed by atoms with Crippen molar-refractivity contribution in [2.75, 3.05) is 11.9 Å². The molecule has 2 aromatic carbocycles. The van der Waals surface area contributed by atoms with Crippen LogP contribution in [0.5, 0.6) is 11.5 Å². The van der Waals surface area contributed by atoms with E-state index in [1.807, 2.05) is 0 Å². The summed E-state index contributed by atoms with van der Waals surface area (Å²) in [6.07, 6.45) is -2.27. The van der Waals surface area contributed by atoms with E-state index in [1.54, 1.807) is 24.3 Å². The predicted octanol–water partition coefficient (Wildman–Crippen LogP) is 2.44. The summed E-state index contributed by atoms with van der Waals surface area (Å²) in [6.45, 7) is 1.25. The number of nitro groups is 1. The average molecular weight is 390 g/mol. The molecule has 1 aliphatic rings. The van der Waals surface area contributed by atoms with Gasteiger partial charge >= 0.3 is 11.7 Å². The van der Waals surface area contributed by atoms with Gasteiger partial charge in [0.2, 0.25) is 11.9 Å². The van der Waals surface area contributed by atoms with Gasteiger partial charge in [-0.2, -0.15) is 4.39 Å². The number of fused-ring (bicyclic) bond motifs is 1. The van der Waals surface area contributed by atoms with Gasteiger partial charge in [-0.25, -0.2) is 4.79 Å². The molecule has 0 saturated carbocycles. The summed E-state index contributed by atoms with van der Waals surface area (Å²) in [5, 5.41) is 13.1. The van der Waals surface area contributed by atoms with E-state index in [4.69, 9.17) is 14.2 Å². The molecule has 0 unspecified atom stereocenters. The van der Waals surface area contributed by atoms with E-state index in [2.05, 4.69) is 5.32 Å². The molecule has 0 radical (unpaired) electrons. The summed E-state index contributed by atoms with van der Waals surface area (Å²) >= 11 is 0. The van der Waals surface area contributed by atoms with Gasteiger partial charge in [0, 0.05) is 11.8 Å². The maximum Gasteiger partial charge on any atom is 0.351 e. The molecule has 9 nitrogen and oxygen atoms in total. The lowest BCUT2D eigenvalue weighted by atomic mass is 10.2. The minimum absolute atomic E-state index is 0.00724. The van der Waals surface area contributed by atoms with Crippen molar-refractivity contribution < 1.29 is 33.1 Å². The number of hydrogen-bond acceptors (Lipinski definition) is 7. The van der Waals surface area contributed by atoms with Crippen LogP contribution in [0.25, 0.3) is 0 Å². The second-order valence-corrected chi connectivity index (χ2v) is 5.86. The lowest BCUT2D eigenvalue weighted by Crippen LogP contribution is -2.41. The SMILES string of the molecule is C[C@H](OC(=O)[C@@H]1COc2ccccc2O1)C(=O)Nc1ccc(F)c([N+](=O)[O-])c1. The minimum Gasteiger partial charge on any atom is -0.485 e. The van der Waals surface area contributed by atoms with Gasteiger partial charge in [0.15, 0.2) is 17.6 Å². The van der Waals surface area contributed by atoms with Crippen LogP contribution < -0.4 is 14.8 Å². The van der Waals surface area contributed by atoms with Gasteiger partial charge in [-0.1, -0.05) is 12.1 Å². The maximum atomic E-state index is 13.4. The number of anilines is 1. The summed E-state index contributed by atoms with van der Waals surface area (Å²) in [5.41, 5.74) is -0.791. The molecule has 1 heterocycles. The molecule has 28 heavy (non-hydrogen) atoms. The smallest absolute Gasteiger partial charge is 0.351 e. The van der Waals surface area contributed by atoms with Gasteiger partial charge in [0.05, 0.1) is 4.92 Å². The number of nitrogens with one attached hydrogen (secondary N) is 1. The molecule has 1 amide bonds. The predicted molar refractivity (Wildman–Crippen MR) is 93.6 cm³/mol. The molecule has 0 spiro atoms. The molecule has 0 aliphatic carbocycles. The van der Waals surface area contributed by atoms with E-state index >= 15 is 0 Å². The van der Waals surface area contributed by atoms with Crippen LogP contribution >= 0.6 is 0 Å². The summed E-state index contributed by atoms with van der Waals surface area (Å²) in [5.74, 6) is -1.70. The molecule has 0 fully saturated rings. The van der Waals surface area contributed by atoms with Gasteiger partial charge in [-0.15, -0.1) is 0 Å². The van der Waals surface area contributed by atoms with E-state index in [0.717, 1.165) is 18.2 Å². The third-order valence-electron chi connectivity index (χ3n) is 3.84. The van der Waals surface area contributed by atoms with Crippen molar-refractivity contribution >= 4 is 23.3 Å². The monoisotopic (exact) mass is 390 g/mol. The number of amides is 1. The normalized spacial score (nSPS) is 16.0. The Morgan fingerprint density at radius 2 is 2.00 bits per heavy atom. The highest BCUT2D eigenvalue weighted by molar-refractivity contribution is 5.95. The largest absolute Gasteiger partial charge is 0.485 e. The van der Waals surface area contributed by atoms with Crippen LogP contribution in [-0.4, -0.2) is 35.6 Å². The van der Waals surface area contributed by atoms with Gasteiger partial charge in [-0.3, -0.25) is 14.9 Å². The van der Waals surface area contributed by atoms with Gasteiger partial charge in [-0.05, 0) is 31.2 Å². The number of nitrogens with zero attached hydrogens (tertiary/aromatic N) is 1. The van der Waals surface area contributed by atoms with Crippen molar-refractivity contribution in [2.45, 2.75) is 19.1 Å². The van der Waals surface area contributed by atoms with Crippen LogP contribution in [0.15, 0.2) is 42.5 Å². The first-order valence-electron chi connectivity index (χ1n) is 8.19. The fraction of sp³-hybridized carbons (Fsp3) is 0.222. The zero-order valence-electron chi connectivity index (χ0n) is 14.6. The lowest BCUT2D eigenvalue weighted by Gasteiger charge is -2.25. The van der Waals surface area contributed by atoms with Crippen LogP contribution in [0.4, 0.5) is 15.8 Å². The summed E-state index contributed by atoms with van der Waals surface area (Å²) in [6, 6.07) is 9.68. The van der Waals surface area contributed by atoms with Crippen molar-refractivity contribution in [1.29, 1.82) is 0 Å². The molecule has 146 valence electrons. The van der Waals surface area contributed by atoms with E-state index in [9.17, 15) is 24.1 Å². The first kappa shape index (κ1) is 19.1. The molecule has 3 rings (SSSR count). The quantitative estimate of drug-likeness (QED) is 0.473. The number of carbonyl (C=O) groups excluding carboxylic acids is 2. The zero-order valence-corrected chi connectivity index (χ0v) is 14.6. The summed E-state index contributed by atoms with van der Waals surface area (Å²) in [7, 11) is 0. The van der Waals surface area contributed by atoms with E-state index in [-0.39, 0.29) is 12.3 Å². The maximum absolute atomic E-state index is 13.4. The average Bonchev–Trinajstić information content (AvgIpc) is 2.68.